The van der Waals surface area contributed by atoms with E-state index in [0.29, 0.717) is 18.1 Å². The molecule has 1 aromatic heterocycles. The Labute approximate surface area is 88.5 Å². The van der Waals surface area contributed by atoms with Crippen LogP contribution in [0, 0.1) is 5.92 Å². The van der Waals surface area contributed by atoms with Crippen LogP contribution in [0.5, 0.6) is 0 Å². The van der Waals surface area contributed by atoms with Gasteiger partial charge >= 0.3 is 0 Å². The number of rotatable bonds is 1. The molecule has 3 heteroatoms. The van der Waals surface area contributed by atoms with E-state index in [1.807, 2.05) is 0 Å². The van der Waals surface area contributed by atoms with Gasteiger partial charge in [0.05, 0.1) is 5.56 Å². The van der Waals surface area contributed by atoms with E-state index in [-0.39, 0.29) is 11.1 Å². The fraction of sp³-hybridized carbons (Fsp3) is 0.500. The van der Waals surface area contributed by atoms with E-state index in [1.165, 1.54) is 0 Å². The number of carbonyl (C=O) groups excluding carboxylic acids is 1. The summed E-state index contributed by atoms with van der Waals surface area (Å²) in [6.45, 7) is 4.32. The summed E-state index contributed by atoms with van der Waals surface area (Å²) in [5.74, 6) is 1.01. The van der Waals surface area contributed by atoms with E-state index < -0.39 is 0 Å². The second kappa shape index (κ2) is 3.65. The maximum absolute atomic E-state index is 11.5. The van der Waals surface area contributed by atoms with Crippen LogP contribution < -0.4 is 5.56 Å². The number of aromatic amines is 1. The molecule has 2 atom stereocenters. The molecule has 15 heavy (non-hydrogen) atoms. The number of hydrogen-bond acceptors (Lipinski definition) is 2. The van der Waals surface area contributed by atoms with E-state index in [4.69, 9.17) is 0 Å². The molecule has 1 aromatic rings. The monoisotopic (exact) mass is 205 g/mol. The zero-order valence-electron chi connectivity index (χ0n) is 9.04. The van der Waals surface area contributed by atoms with Crippen molar-refractivity contribution in [3.05, 3.63) is 33.2 Å². The molecule has 0 aromatic carbocycles. The lowest BCUT2D eigenvalue weighted by atomic mass is 9.81. The normalized spacial score (nSPS) is 24.7. The average Bonchev–Trinajstić information content (AvgIpc) is 2.18. The molecule has 0 radical (unpaired) electrons. The van der Waals surface area contributed by atoms with Gasteiger partial charge in [0, 0.05) is 5.69 Å². The first-order valence-electron chi connectivity index (χ1n) is 5.33. The molecule has 1 heterocycles. The van der Waals surface area contributed by atoms with Crippen molar-refractivity contribution in [2.24, 2.45) is 5.92 Å². The van der Waals surface area contributed by atoms with Crippen LogP contribution in [-0.4, -0.2) is 11.3 Å². The summed E-state index contributed by atoms with van der Waals surface area (Å²) in [7, 11) is 0. The van der Waals surface area contributed by atoms with Crippen LogP contribution in [0.15, 0.2) is 10.9 Å². The molecule has 0 spiro atoms. The molecule has 0 amide bonds. The van der Waals surface area contributed by atoms with Gasteiger partial charge in [-0.3, -0.25) is 9.59 Å². The number of hydrogen-bond donors (Lipinski definition) is 1. The van der Waals surface area contributed by atoms with Crippen LogP contribution in [-0.2, 0) is 6.42 Å². The highest BCUT2D eigenvalue weighted by molar-refractivity contribution is 5.74. The molecule has 2 rings (SSSR count). The maximum Gasteiger partial charge on any atom is 0.258 e. The number of fused-ring (bicyclic) bond motifs is 1. The standard InChI is InChI=1S/C12H15NO2/c1-7-3-8(2)11-9(4-7)5-10(6-14)12(15)13-11/h5-8H,3-4H2,1-2H3,(H,13,15). The Morgan fingerprint density at radius 2 is 2.20 bits per heavy atom. The van der Waals surface area contributed by atoms with Gasteiger partial charge < -0.3 is 4.98 Å². The van der Waals surface area contributed by atoms with Crippen molar-refractivity contribution in [1.82, 2.24) is 4.98 Å². The predicted molar refractivity (Wildman–Crippen MR) is 58.4 cm³/mol. The smallest absolute Gasteiger partial charge is 0.258 e. The lowest BCUT2D eigenvalue weighted by Gasteiger charge is -2.26. The third-order valence-electron chi connectivity index (χ3n) is 3.13. The molecule has 2 unspecified atom stereocenters. The number of aldehydes is 1. The van der Waals surface area contributed by atoms with Crippen LogP contribution in [0.3, 0.4) is 0 Å². The highest BCUT2D eigenvalue weighted by Gasteiger charge is 2.22. The molecular weight excluding hydrogens is 190 g/mol. The summed E-state index contributed by atoms with van der Waals surface area (Å²) in [5.41, 5.74) is 2.13. The topological polar surface area (TPSA) is 49.9 Å². The summed E-state index contributed by atoms with van der Waals surface area (Å²) in [6.07, 6.45) is 2.68. The minimum atomic E-state index is -0.259. The Morgan fingerprint density at radius 3 is 2.87 bits per heavy atom. The van der Waals surface area contributed by atoms with Gasteiger partial charge in [0.25, 0.3) is 5.56 Å². The quantitative estimate of drug-likeness (QED) is 0.711. The molecular formula is C12H15NO2. The summed E-state index contributed by atoms with van der Waals surface area (Å²) in [5, 5.41) is 0. The van der Waals surface area contributed by atoms with Crippen molar-refractivity contribution < 1.29 is 4.79 Å². The summed E-state index contributed by atoms with van der Waals surface area (Å²) < 4.78 is 0. The van der Waals surface area contributed by atoms with E-state index in [1.54, 1.807) is 6.07 Å². The molecule has 1 N–H and O–H groups in total. The molecule has 1 aliphatic rings. The molecule has 0 saturated heterocycles. The first-order valence-corrected chi connectivity index (χ1v) is 5.33. The molecule has 0 bridgehead atoms. The van der Waals surface area contributed by atoms with Gasteiger partial charge in [-0.15, -0.1) is 0 Å². The largest absolute Gasteiger partial charge is 0.325 e. The van der Waals surface area contributed by atoms with Crippen molar-refractivity contribution in [3.63, 3.8) is 0 Å². The van der Waals surface area contributed by atoms with Gasteiger partial charge in [-0.2, -0.15) is 0 Å². The summed E-state index contributed by atoms with van der Waals surface area (Å²) in [6, 6.07) is 1.74. The van der Waals surface area contributed by atoms with Crippen molar-refractivity contribution in [2.45, 2.75) is 32.6 Å². The SMILES string of the molecule is CC1Cc2cc(C=O)c(=O)[nH]c2C(C)C1. The molecule has 1 aliphatic carbocycles. The third kappa shape index (κ3) is 1.74. The molecule has 80 valence electrons. The van der Waals surface area contributed by atoms with Crippen LogP contribution in [0.2, 0.25) is 0 Å². The summed E-state index contributed by atoms with van der Waals surface area (Å²) >= 11 is 0. The van der Waals surface area contributed by atoms with Crippen molar-refractivity contribution in [1.29, 1.82) is 0 Å². The van der Waals surface area contributed by atoms with Gasteiger partial charge in [0.1, 0.15) is 0 Å². The minimum absolute atomic E-state index is 0.245. The van der Waals surface area contributed by atoms with Crippen molar-refractivity contribution >= 4 is 6.29 Å². The highest BCUT2D eigenvalue weighted by atomic mass is 16.1. The molecule has 3 nitrogen and oxygen atoms in total. The summed E-state index contributed by atoms with van der Waals surface area (Å²) in [4.78, 5) is 24.9. The van der Waals surface area contributed by atoms with Gasteiger partial charge in [-0.25, -0.2) is 0 Å². The molecule has 0 fully saturated rings. The Hall–Kier alpha value is -1.38. The Bertz CT molecular complexity index is 447. The molecule has 0 saturated carbocycles. The Kier molecular flexibility index (Phi) is 2.47. The van der Waals surface area contributed by atoms with Crippen LogP contribution in [0.1, 0.15) is 47.8 Å². The van der Waals surface area contributed by atoms with E-state index in [9.17, 15) is 9.59 Å². The lowest BCUT2D eigenvalue weighted by Crippen LogP contribution is -2.23. The van der Waals surface area contributed by atoms with Gasteiger partial charge in [-0.1, -0.05) is 13.8 Å². The predicted octanol–water partition coefficient (Wildman–Crippen LogP) is 1.87. The van der Waals surface area contributed by atoms with Gasteiger partial charge in [-0.05, 0) is 36.3 Å². The van der Waals surface area contributed by atoms with Crippen molar-refractivity contribution in [3.8, 4) is 0 Å². The number of carbonyl (C=O) groups is 1. The van der Waals surface area contributed by atoms with Crippen LogP contribution in [0.4, 0.5) is 0 Å². The Morgan fingerprint density at radius 1 is 1.47 bits per heavy atom. The van der Waals surface area contributed by atoms with Crippen LogP contribution in [0.25, 0.3) is 0 Å². The number of pyridine rings is 1. The maximum atomic E-state index is 11.5. The number of aromatic nitrogens is 1. The van der Waals surface area contributed by atoms with Crippen LogP contribution >= 0.6 is 0 Å². The minimum Gasteiger partial charge on any atom is -0.325 e. The fourth-order valence-corrected chi connectivity index (χ4v) is 2.48. The first-order chi connectivity index (χ1) is 7.11. The van der Waals surface area contributed by atoms with Crippen molar-refractivity contribution in [2.75, 3.05) is 0 Å². The fourth-order valence-electron chi connectivity index (χ4n) is 2.48. The van der Waals surface area contributed by atoms with E-state index >= 15 is 0 Å². The second-order valence-electron chi connectivity index (χ2n) is 4.56. The zero-order valence-corrected chi connectivity index (χ0v) is 9.04. The van der Waals surface area contributed by atoms with E-state index in [0.717, 1.165) is 24.1 Å². The van der Waals surface area contributed by atoms with E-state index in [2.05, 4.69) is 18.8 Å². The highest BCUT2D eigenvalue weighted by Crippen LogP contribution is 2.32. The Balaban J connectivity index is 2.56. The molecule has 0 aliphatic heterocycles. The van der Waals surface area contributed by atoms with Gasteiger partial charge in [0.15, 0.2) is 6.29 Å². The zero-order chi connectivity index (χ0) is 11.0. The third-order valence-corrected chi connectivity index (χ3v) is 3.13. The average molecular weight is 205 g/mol. The van der Waals surface area contributed by atoms with Gasteiger partial charge in [0.2, 0.25) is 0 Å². The number of nitrogens with one attached hydrogen (secondary N) is 1. The lowest BCUT2D eigenvalue weighted by molar-refractivity contribution is 0.112. The first kappa shape index (κ1) is 10.1. The number of H-pyrrole nitrogens is 1. The second-order valence-corrected chi connectivity index (χ2v) is 4.56.